The number of hydrogen-bond donors (Lipinski definition) is 0. The first-order chi connectivity index (χ1) is 9.08. The lowest BCUT2D eigenvalue weighted by Crippen LogP contribution is -2.42. The number of ether oxygens (including phenoxy) is 1. The average molecular weight is 324 g/mol. The van der Waals surface area contributed by atoms with Crippen LogP contribution in [0.2, 0.25) is 0 Å². The van der Waals surface area contributed by atoms with Gasteiger partial charge in [0, 0.05) is 17.4 Å². The van der Waals surface area contributed by atoms with Crippen LogP contribution in [-0.4, -0.2) is 36.4 Å². The van der Waals surface area contributed by atoms with E-state index < -0.39 is 0 Å². The Bertz CT molecular complexity index is 517. The van der Waals surface area contributed by atoms with Crippen molar-refractivity contribution in [3.8, 4) is 5.75 Å². The van der Waals surface area contributed by atoms with E-state index in [1.807, 2.05) is 18.2 Å². The molecule has 0 aliphatic carbocycles. The Kier molecular flexibility index (Phi) is 3.39. The molecule has 3 nitrogen and oxygen atoms in total. The zero-order valence-electron chi connectivity index (χ0n) is 11.1. The van der Waals surface area contributed by atoms with E-state index >= 15 is 0 Å². The summed E-state index contributed by atoms with van der Waals surface area (Å²) in [6, 6.07) is 5.72. The molecule has 19 heavy (non-hydrogen) atoms. The third-order valence-corrected chi connectivity index (χ3v) is 4.67. The molecule has 1 aromatic carbocycles. The van der Waals surface area contributed by atoms with Gasteiger partial charge in [0.15, 0.2) is 5.78 Å². The van der Waals surface area contributed by atoms with Gasteiger partial charge in [-0.2, -0.15) is 0 Å². The lowest BCUT2D eigenvalue weighted by atomic mass is 9.84. The summed E-state index contributed by atoms with van der Waals surface area (Å²) in [5.74, 6) is 0.969. The molecule has 1 spiro atoms. The van der Waals surface area contributed by atoms with Crippen molar-refractivity contribution in [3.05, 3.63) is 28.2 Å². The highest BCUT2D eigenvalue weighted by Gasteiger charge is 2.41. The Morgan fingerprint density at radius 2 is 2.16 bits per heavy atom. The molecule has 0 radical (unpaired) electrons. The zero-order chi connectivity index (χ0) is 13.5. The average Bonchev–Trinajstić information content (AvgIpc) is 2.54. The van der Waals surface area contributed by atoms with E-state index in [0.717, 1.165) is 48.1 Å². The van der Waals surface area contributed by atoms with E-state index in [9.17, 15) is 4.79 Å². The Morgan fingerprint density at radius 3 is 3.00 bits per heavy atom. The van der Waals surface area contributed by atoms with E-state index in [1.54, 1.807) is 0 Å². The number of fused-ring (bicyclic) bond motifs is 1. The summed E-state index contributed by atoms with van der Waals surface area (Å²) in [6.45, 7) is 2.09. The molecule has 3 rings (SSSR count). The van der Waals surface area contributed by atoms with Gasteiger partial charge in [-0.05, 0) is 44.6 Å². The second-order valence-electron chi connectivity index (χ2n) is 5.68. The summed E-state index contributed by atoms with van der Waals surface area (Å²) in [5.41, 5.74) is 0.445. The van der Waals surface area contributed by atoms with Gasteiger partial charge in [-0.3, -0.25) is 4.79 Å². The first-order valence-electron chi connectivity index (χ1n) is 6.78. The zero-order valence-corrected chi connectivity index (χ0v) is 12.7. The first kappa shape index (κ1) is 13.1. The third-order valence-electron chi connectivity index (χ3n) is 4.17. The number of carbonyl (C=O) groups excluding carboxylic acids is 1. The van der Waals surface area contributed by atoms with Gasteiger partial charge in [0.05, 0.1) is 12.0 Å². The highest BCUT2D eigenvalue weighted by molar-refractivity contribution is 9.10. The van der Waals surface area contributed by atoms with Gasteiger partial charge in [-0.15, -0.1) is 0 Å². The molecule has 1 saturated heterocycles. The minimum absolute atomic E-state index is 0.215. The molecule has 1 unspecified atom stereocenters. The maximum absolute atomic E-state index is 12.4. The second-order valence-corrected chi connectivity index (χ2v) is 6.60. The highest BCUT2D eigenvalue weighted by Crippen LogP contribution is 2.39. The maximum Gasteiger partial charge on any atom is 0.170 e. The van der Waals surface area contributed by atoms with E-state index in [0.29, 0.717) is 6.42 Å². The van der Waals surface area contributed by atoms with Crippen molar-refractivity contribution in [2.75, 3.05) is 20.1 Å². The van der Waals surface area contributed by atoms with E-state index in [2.05, 4.69) is 27.9 Å². The Labute approximate surface area is 122 Å². The lowest BCUT2D eigenvalue weighted by molar-refractivity contribution is 0.0305. The van der Waals surface area contributed by atoms with Crippen LogP contribution in [0.5, 0.6) is 5.75 Å². The molecular formula is C15H18BrNO2. The quantitative estimate of drug-likeness (QED) is 0.734. The van der Waals surface area contributed by atoms with Crippen LogP contribution in [0.25, 0.3) is 0 Å². The molecule has 0 amide bonds. The molecule has 102 valence electrons. The number of ketones is 1. The summed E-state index contributed by atoms with van der Waals surface area (Å²) in [6.07, 6.45) is 3.52. The molecule has 4 heteroatoms. The van der Waals surface area contributed by atoms with E-state index in [4.69, 9.17) is 4.74 Å². The second kappa shape index (κ2) is 4.91. The van der Waals surface area contributed by atoms with Crippen LogP contribution >= 0.6 is 15.9 Å². The van der Waals surface area contributed by atoms with Gasteiger partial charge in [0.2, 0.25) is 0 Å². The Balaban J connectivity index is 1.91. The number of nitrogens with zero attached hydrogens (tertiary/aromatic N) is 1. The van der Waals surface area contributed by atoms with Crippen LogP contribution in [0.15, 0.2) is 22.7 Å². The van der Waals surface area contributed by atoms with Crippen molar-refractivity contribution in [1.29, 1.82) is 0 Å². The minimum atomic E-state index is -0.275. The van der Waals surface area contributed by atoms with Gasteiger partial charge < -0.3 is 9.64 Å². The van der Waals surface area contributed by atoms with Crippen molar-refractivity contribution in [3.63, 3.8) is 0 Å². The normalized spacial score (nSPS) is 27.8. The lowest BCUT2D eigenvalue weighted by Gasteiger charge is -2.37. The van der Waals surface area contributed by atoms with Crippen LogP contribution in [0.3, 0.4) is 0 Å². The minimum Gasteiger partial charge on any atom is -0.486 e. The Morgan fingerprint density at radius 1 is 1.32 bits per heavy atom. The van der Waals surface area contributed by atoms with E-state index in [-0.39, 0.29) is 11.4 Å². The van der Waals surface area contributed by atoms with Crippen molar-refractivity contribution in [2.45, 2.75) is 31.3 Å². The molecule has 2 aliphatic heterocycles. The molecule has 0 bridgehead atoms. The van der Waals surface area contributed by atoms with Crippen molar-refractivity contribution < 1.29 is 9.53 Å². The van der Waals surface area contributed by atoms with Crippen molar-refractivity contribution in [1.82, 2.24) is 4.90 Å². The molecule has 0 saturated carbocycles. The van der Waals surface area contributed by atoms with Gasteiger partial charge in [-0.25, -0.2) is 0 Å². The predicted octanol–water partition coefficient (Wildman–Crippen LogP) is 3.27. The van der Waals surface area contributed by atoms with Gasteiger partial charge in [0.25, 0.3) is 0 Å². The molecule has 2 heterocycles. The number of rotatable bonds is 0. The number of Topliss-reactive ketones (excluding diaryl/α,β-unsaturated/α-hetero) is 1. The van der Waals surface area contributed by atoms with Crippen LogP contribution in [0.4, 0.5) is 0 Å². The summed E-state index contributed by atoms with van der Waals surface area (Å²) >= 11 is 3.41. The largest absolute Gasteiger partial charge is 0.486 e. The van der Waals surface area contributed by atoms with Crippen LogP contribution in [0, 0.1) is 0 Å². The summed E-state index contributed by atoms with van der Waals surface area (Å²) < 4.78 is 7.18. The smallest absolute Gasteiger partial charge is 0.170 e. The number of halogens is 1. The predicted molar refractivity (Wildman–Crippen MR) is 77.8 cm³/mol. The van der Waals surface area contributed by atoms with Gasteiger partial charge >= 0.3 is 0 Å². The first-order valence-corrected chi connectivity index (χ1v) is 7.58. The molecule has 2 aliphatic rings. The molecule has 0 aromatic heterocycles. The fraction of sp³-hybridized carbons (Fsp3) is 0.533. The molecular weight excluding hydrogens is 306 g/mol. The number of carbonyl (C=O) groups is 1. The molecule has 1 atom stereocenters. The summed E-state index contributed by atoms with van der Waals surface area (Å²) in [4.78, 5) is 14.7. The van der Waals surface area contributed by atoms with Crippen LogP contribution in [-0.2, 0) is 0 Å². The van der Waals surface area contributed by atoms with E-state index in [1.165, 1.54) is 0 Å². The van der Waals surface area contributed by atoms with Gasteiger partial charge in [-0.1, -0.05) is 15.9 Å². The topological polar surface area (TPSA) is 29.5 Å². The molecule has 1 fully saturated rings. The monoisotopic (exact) mass is 323 g/mol. The molecule has 0 N–H and O–H groups in total. The van der Waals surface area contributed by atoms with Crippen molar-refractivity contribution in [2.24, 2.45) is 0 Å². The Hall–Kier alpha value is -0.870. The third kappa shape index (κ3) is 2.56. The fourth-order valence-electron chi connectivity index (χ4n) is 3.05. The maximum atomic E-state index is 12.4. The molecule has 1 aromatic rings. The SMILES string of the molecule is CN1CCCC2(CC1)CC(=O)c1cc(Br)ccc1O2. The number of benzene rings is 1. The van der Waals surface area contributed by atoms with Crippen molar-refractivity contribution >= 4 is 21.7 Å². The summed E-state index contributed by atoms with van der Waals surface area (Å²) in [7, 11) is 2.13. The number of likely N-dealkylation sites (tertiary alicyclic amines) is 1. The standard InChI is InChI=1S/C15H18BrNO2/c1-17-7-2-5-15(6-8-17)10-13(18)12-9-11(16)3-4-14(12)19-15/h3-4,9H,2,5-8,10H2,1H3. The number of hydrogen-bond acceptors (Lipinski definition) is 3. The summed E-state index contributed by atoms with van der Waals surface area (Å²) in [5, 5.41) is 0. The highest BCUT2D eigenvalue weighted by atomic mass is 79.9. The fourth-order valence-corrected chi connectivity index (χ4v) is 3.41. The van der Waals surface area contributed by atoms with Gasteiger partial charge in [0.1, 0.15) is 11.4 Å². The van der Waals surface area contributed by atoms with Crippen LogP contribution in [0.1, 0.15) is 36.0 Å². The van der Waals surface area contributed by atoms with Crippen LogP contribution < -0.4 is 4.74 Å².